The lowest BCUT2D eigenvalue weighted by molar-refractivity contribution is -0.385. The van der Waals surface area contributed by atoms with Gasteiger partial charge in [0.15, 0.2) is 6.61 Å². The molecule has 1 N–H and O–H groups in total. The number of nitrogens with zero attached hydrogens (tertiary/aromatic N) is 4. The number of benzene rings is 2. The minimum atomic E-state index is -1.32. The molecule has 3 aromatic rings. The zero-order valence-corrected chi connectivity index (χ0v) is 19.1. The van der Waals surface area contributed by atoms with Crippen LogP contribution >= 0.6 is 27.5 Å². The summed E-state index contributed by atoms with van der Waals surface area (Å²) in [5.74, 6) is -1.46. The molecule has 166 valence electrons. The first kappa shape index (κ1) is 23.4. The fraction of sp³-hybridized carbons (Fsp3) is 0.200. The molecular formula is C20H16BrClN4O6. The SMILES string of the molecule is CC(C)c1nc2ccc(Br)cc2c(=O)n1N=Cc1cc(Cl)cc([N+](=O)[O-])c1OCC(=O)O. The molecule has 0 atom stereocenters. The largest absolute Gasteiger partial charge is 0.479 e. The van der Waals surface area contributed by atoms with Crippen LogP contribution < -0.4 is 10.3 Å². The van der Waals surface area contributed by atoms with E-state index in [2.05, 4.69) is 26.0 Å². The van der Waals surface area contributed by atoms with Crippen LogP contribution in [0.3, 0.4) is 0 Å². The van der Waals surface area contributed by atoms with Gasteiger partial charge in [-0.25, -0.2) is 9.78 Å². The number of ether oxygens (including phenoxy) is 1. The molecule has 2 aromatic carbocycles. The van der Waals surface area contributed by atoms with E-state index < -0.39 is 28.7 Å². The molecule has 0 bridgehead atoms. The first-order chi connectivity index (χ1) is 15.1. The van der Waals surface area contributed by atoms with Gasteiger partial charge in [0, 0.05) is 27.0 Å². The second-order valence-corrected chi connectivity index (χ2v) is 8.28. The number of carboxylic acid groups (broad SMARTS) is 1. The molecule has 0 saturated heterocycles. The van der Waals surface area contributed by atoms with Crippen molar-refractivity contribution in [1.82, 2.24) is 9.66 Å². The van der Waals surface area contributed by atoms with E-state index in [0.29, 0.717) is 21.2 Å². The van der Waals surface area contributed by atoms with Gasteiger partial charge < -0.3 is 9.84 Å². The van der Waals surface area contributed by atoms with Gasteiger partial charge >= 0.3 is 11.7 Å². The summed E-state index contributed by atoms with van der Waals surface area (Å²) in [7, 11) is 0. The summed E-state index contributed by atoms with van der Waals surface area (Å²) in [5, 5.41) is 24.9. The molecule has 0 fully saturated rings. The normalized spacial score (nSPS) is 11.4. The lowest BCUT2D eigenvalue weighted by Gasteiger charge is -2.12. The van der Waals surface area contributed by atoms with Gasteiger partial charge in [0.2, 0.25) is 5.75 Å². The predicted octanol–water partition coefficient (Wildman–Crippen LogP) is 4.19. The first-order valence-electron chi connectivity index (χ1n) is 9.17. The maximum absolute atomic E-state index is 13.1. The average Bonchev–Trinajstić information content (AvgIpc) is 2.71. The van der Waals surface area contributed by atoms with Crippen LogP contribution in [0.5, 0.6) is 5.75 Å². The topological polar surface area (TPSA) is 137 Å². The summed E-state index contributed by atoms with van der Waals surface area (Å²) in [6.07, 6.45) is 1.15. The third-order valence-corrected chi connectivity index (χ3v) is 4.97. The van der Waals surface area contributed by atoms with Crippen molar-refractivity contribution < 1.29 is 19.6 Å². The number of hydrogen-bond donors (Lipinski definition) is 1. The predicted molar refractivity (Wildman–Crippen MR) is 122 cm³/mol. The van der Waals surface area contributed by atoms with Crippen LogP contribution in [0, 0.1) is 10.1 Å². The molecule has 12 heteroatoms. The summed E-state index contributed by atoms with van der Waals surface area (Å²) in [6.45, 7) is 2.86. The molecule has 0 unspecified atom stereocenters. The van der Waals surface area contributed by atoms with E-state index in [-0.39, 0.29) is 22.3 Å². The number of carboxylic acids is 1. The van der Waals surface area contributed by atoms with Crippen molar-refractivity contribution in [1.29, 1.82) is 0 Å². The van der Waals surface area contributed by atoms with Crippen molar-refractivity contribution in [2.75, 3.05) is 6.61 Å². The van der Waals surface area contributed by atoms with Crippen LogP contribution in [0.25, 0.3) is 10.9 Å². The van der Waals surface area contributed by atoms with Crippen LogP contribution in [0.2, 0.25) is 5.02 Å². The minimum absolute atomic E-state index is 0.0119. The molecule has 0 radical (unpaired) electrons. The van der Waals surface area contributed by atoms with E-state index in [1.54, 1.807) is 18.2 Å². The molecule has 0 aliphatic carbocycles. The number of aliphatic carboxylic acids is 1. The van der Waals surface area contributed by atoms with E-state index in [1.165, 1.54) is 6.07 Å². The first-order valence-corrected chi connectivity index (χ1v) is 10.3. The molecule has 1 aromatic heterocycles. The Bertz CT molecular complexity index is 1320. The molecule has 0 amide bonds. The maximum atomic E-state index is 13.1. The summed E-state index contributed by atoms with van der Waals surface area (Å²) < 4.78 is 6.91. The highest BCUT2D eigenvalue weighted by atomic mass is 79.9. The summed E-state index contributed by atoms with van der Waals surface area (Å²) in [5.41, 5.74) is -0.448. The van der Waals surface area contributed by atoms with E-state index in [4.69, 9.17) is 21.4 Å². The minimum Gasteiger partial charge on any atom is -0.479 e. The van der Waals surface area contributed by atoms with Gasteiger partial charge in [-0.05, 0) is 24.3 Å². The van der Waals surface area contributed by atoms with Crippen molar-refractivity contribution >= 4 is 56.3 Å². The highest BCUT2D eigenvalue weighted by Gasteiger charge is 2.22. The maximum Gasteiger partial charge on any atom is 0.341 e. The highest BCUT2D eigenvalue weighted by molar-refractivity contribution is 9.10. The fourth-order valence-electron chi connectivity index (χ4n) is 2.89. The third-order valence-electron chi connectivity index (χ3n) is 4.26. The van der Waals surface area contributed by atoms with Crippen LogP contribution in [-0.2, 0) is 4.79 Å². The van der Waals surface area contributed by atoms with E-state index >= 15 is 0 Å². The van der Waals surface area contributed by atoms with Gasteiger partial charge in [-0.1, -0.05) is 41.4 Å². The number of carbonyl (C=O) groups is 1. The molecule has 0 aliphatic heterocycles. The molecular weight excluding hydrogens is 508 g/mol. The van der Waals surface area contributed by atoms with Crippen LogP contribution in [0.15, 0.2) is 44.7 Å². The van der Waals surface area contributed by atoms with Gasteiger partial charge in [-0.2, -0.15) is 9.78 Å². The monoisotopic (exact) mass is 522 g/mol. The molecule has 3 rings (SSSR count). The van der Waals surface area contributed by atoms with Gasteiger partial charge in [-0.3, -0.25) is 14.9 Å². The standard InChI is InChI=1S/C20H16BrClN4O6/c1-10(2)19-24-15-4-3-12(21)6-14(15)20(29)25(19)23-8-11-5-13(22)7-16(26(30)31)18(11)32-9-17(27)28/h3-8,10H,9H2,1-2H3,(H,27,28). The van der Waals surface area contributed by atoms with Crippen molar-refractivity contribution in [2.24, 2.45) is 5.10 Å². The fourth-order valence-corrected chi connectivity index (χ4v) is 3.48. The van der Waals surface area contributed by atoms with Crippen LogP contribution in [0.1, 0.15) is 31.2 Å². The third kappa shape index (κ3) is 4.94. The van der Waals surface area contributed by atoms with Crippen molar-refractivity contribution in [2.45, 2.75) is 19.8 Å². The number of rotatable bonds is 7. The Kier molecular flexibility index (Phi) is 6.90. The lowest BCUT2D eigenvalue weighted by Crippen LogP contribution is -2.23. The Balaban J connectivity index is 2.21. The Labute approximate surface area is 194 Å². The summed E-state index contributed by atoms with van der Waals surface area (Å²) >= 11 is 9.32. The number of fused-ring (bicyclic) bond motifs is 1. The zero-order chi connectivity index (χ0) is 23.6. The number of nitro groups is 1. The summed E-state index contributed by atoms with van der Waals surface area (Å²) in [4.78, 5) is 39.2. The molecule has 1 heterocycles. The number of halogens is 2. The van der Waals surface area contributed by atoms with Crippen molar-refractivity contribution in [3.63, 3.8) is 0 Å². The lowest BCUT2D eigenvalue weighted by atomic mass is 10.1. The highest BCUT2D eigenvalue weighted by Crippen LogP contribution is 2.33. The van der Waals surface area contributed by atoms with Crippen LogP contribution in [0.4, 0.5) is 5.69 Å². The molecule has 0 spiro atoms. The van der Waals surface area contributed by atoms with Crippen molar-refractivity contribution in [3.8, 4) is 5.75 Å². The molecule has 0 saturated carbocycles. The second-order valence-electron chi connectivity index (χ2n) is 6.93. The zero-order valence-electron chi connectivity index (χ0n) is 16.8. The van der Waals surface area contributed by atoms with Gasteiger partial charge in [-0.15, -0.1) is 0 Å². The van der Waals surface area contributed by atoms with E-state index in [1.807, 2.05) is 13.8 Å². The Morgan fingerprint density at radius 2 is 2.12 bits per heavy atom. The summed E-state index contributed by atoms with van der Waals surface area (Å²) in [6, 6.07) is 7.45. The number of nitro benzene ring substituents is 1. The Hall–Kier alpha value is -3.31. The van der Waals surface area contributed by atoms with E-state index in [0.717, 1.165) is 17.0 Å². The second kappa shape index (κ2) is 9.45. The average molecular weight is 524 g/mol. The molecule has 32 heavy (non-hydrogen) atoms. The number of aromatic nitrogens is 2. The smallest absolute Gasteiger partial charge is 0.341 e. The van der Waals surface area contributed by atoms with E-state index in [9.17, 15) is 19.7 Å². The Morgan fingerprint density at radius 3 is 2.75 bits per heavy atom. The molecule has 0 aliphatic rings. The van der Waals surface area contributed by atoms with Crippen molar-refractivity contribution in [3.05, 3.63) is 71.7 Å². The van der Waals surface area contributed by atoms with Gasteiger partial charge in [0.25, 0.3) is 5.56 Å². The van der Waals surface area contributed by atoms with Crippen LogP contribution in [-0.4, -0.2) is 38.5 Å². The quantitative estimate of drug-likeness (QED) is 0.278. The Morgan fingerprint density at radius 1 is 1.41 bits per heavy atom. The van der Waals surface area contributed by atoms with Gasteiger partial charge in [0.05, 0.1) is 22.0 Å². The van der Waals surface area contributed by atoms with Gasteiger partial charge in [0.1, 0.15) is 5.82 Å². The molecule has 10 nitrogen and oxygen atoms in total. The number of hydrogen-bond acceptors (Lipinski definition) is 7.